The first kappa shape index (κ1) is 20.3. The van der Waals surface area contributed by atoms with E-state index in [1.165, 1.54) is 10.9 Å². The van der Waals surface area contributed by atoms with Gasteiger partial charge in [-0.1, -0.05) is 55.9 Å². The third-order valence-corrected chi connectivity index (χ3v) is 6.16. The maximum absolute atomic E-state index is 13.1. The van der Waals surface area contributed by atoms with Gasteiger partial charge in [-0.25, -0.2) is 9.98 Å². The van der Waals surface area contributed by atoms with E-state index in [0.29, 0.717) is 28.5 Å². The van der Waals surface area contributed by atoms with Gasteiger partial charge in [-0.2, -0.15) is 0 Å². The number of amidine groups is 1. The van der Waals surface area contributed by atoms with Crippen LogP contribution in [-0.4, -0.2) is 37.8 Å². The molecule has 0 aliphatic carbocycles. The molecule has 1 amide bonds. The zero-order chi connectivity index (χ0) is 21.1. The van der Waals surface area contributed by atoms with Crippen molar-refractivity contribution in [2.45, 2.75) is 32.7 Å². The van der Waals surface area contributed by atoms with Crippen LogP contribution >= 0.6 is 11.8 Å². The number of benzene rings is 2. The lowest BCUT2D eigenvalue weighted by Gasteiger charge is -2.28. The molecule has 1 fully saturated rings. The number of amides is 1. The van der Waals surface area contributed by atoms with Crippen molar-refractivity contribution < 1.29 is 4.79 Å². The fourth-order valence-electron chi connectivity index (χ4n) is 3.51. The maximum Gasteiger partial charge on any atom is 0.261 e. The van der Waals surface area contributed by atoms with Gasteiger partial charge in [0.1, 0.15) is 6.54 Å². The number of aromatic nitrogens is 2. The molecule has 1 saturated heterocycles. The predicted octanol–water partition coefficient (Wildman–Crippen LogP) is 4.17. The van der Waals surface area contributed by atoms with E-state index in [1.54, 1.807) is 34.9 Å². The second-order valence-corrected chi connectivity index (χ2v) is 8.61. The Labute approximate surface area is 179 Å². The highest BCUT2D eigenvalue weighted by Gasteiger charge is 2.25. The van der Waals surface area contributed by atoms with Gasteiger partial charge in [-0.05, 0) is 36.1 Å². The number of aliphatic imine (C=N–C) groups is 1. The fourth-order valence-corrected chi connectivity index (χ4v) is 4.48. The minimum Gasteiger partial charge on any atom is -0.290 e. The SMILES string of the molecule is CC(C)c1ccccc1N=C1SCCCN1C(=O)Cn1cnc2ccccc2c1=O. The second kappa shape index (κ2) is 8.83. The Hall–Kier alpha value is -2.93. The summed E-state index contributed by atoms with van der Waals surface area (Å²) in [7, 11) is 0. The van der Waals surface area contributed by atoms with Gasteiger partial charge in [0.05, 0.1) is 22.9 Å². The van der Waals surface area contributed by atoms with E-state index in [1.807, 2.05) is 24.3 Å². The minimum atomic E-state index is -0.206. The summed E-state index contributed by atoms with van der Waals surface area (Å²) in [6.07, 6.45) is 2.34. The fraction of sp³-hybridized carbons (Fsp3) is 0.304. The highest BCUT2D eigenvalue weighted by molar-refractivity contribution is 8.13. The average molecular weight is 421 g/mol. The molecular weight excluding hydrogens is 396 g/mol. The van der Waals surface area contributed by atoms with Crippen LogP contribution in [-0.2, 0) is 11.3 Å². The molecule has 0 spiro atoms. The van der Waals surface area contributed by atoms with Gasteiger partial charge < -0.3 is 0 Å². The van der Waals surface area contributed by atoms with Gasteiger partial charge in [0, 0.05) is 12.3 Å². The van der Waals surface area contributed by atoms with Crippen molar-refractivity contribution in [3.63, 3.8) is 0 Å². The normalized spacial score (nSPS) is 15.8. The molecule has 154 valence electrons. The van der Waals surface area contributed by atoms with Crippen molar-refractivity contribution >= 4 is 39.4 Å². The molecule has 3 aromatic rings. The quantitative estimate of drug-likeness (QED) is 0.635. The lowest BCUT2D eigenvalue weighted by molar-refractivity contribution is -0.128. The van der Waals surface area contributed by atoms with E-state index in [2.05, 4.69) is 24.9 Å². The zero-order valence-electron chi connectivity index (χ0n) is 17.1. The van der Waals surface area contributed by atoms with E-state index in [4.69, 9.17) is 4.99 Å². The lowest BCUT2D eigenvalue weighted by atomic mass is 10.0. The van der Waals surface area contributed by atoms with Crippen LogP contribution in [0.4, 0.5) is 5.69 Å². The molecule has 2 heterocycles. The number of thioether (sulfide) groups is 1. The summed E-state index contributed by atoms with van der Waals surface area (Å²) < 4.78 is 1.38. The standard InChI is InChI=1S/C23H24N4O2S/c1-16(2)17-8-3-6-11-20(17)25-23-27(12-7-13-30-23)21(28)14-26-15-24-19-10-5-4-9-18(19)22(26)29/h3-6,8-11,15-16H,7,12-14H2,1-2H3. The van der Waals surface area contributed by atoms with Crippen LogP contribution in [0.2, 0.25) is 0 Å². The summed E-state index contributed by atoms with van der Waals surface area (Å²) in [4.78, 5) is 36.7. The first-order chi connectivity index (χ1) is 14.5. The van der Waals surface area contributed by atoms with Gasteiger partial charge in [0.2, 0.25) is 5.91 Å². The van der Waals surface area contributed by atoms with Crippen molar-refractivity contribution in [1.29, 1.82) is 0 Å². The summed E-state index contributed by atoms with van der Waals surface area (Å²) in [5.41, 5.74) is 2.47. The Bertz CT molecular complexity index is 1170. The van der Waals surface area contributed by atoms with Crippen molar-refractivity contribution in [2.75, 3.05) is 12.3 Å². The average Bonchev–Trinajstić information content (AvgIpc) is 2.76. The Kier molecular flexibility index (Phi) is 5.99. The molecule has 2 aromatic carbocycles. The number of fused-ring (bicyclic) bond motifs is 1. The molecule has 1 aromatic heterocycles. The summed E-state index contributed by atoms with van der Waals surface area (Å²) in [5, 5.41) is 1.21. The topological polar surface area (TPSA) is 67.6 Å². The van der Waals surface area contributed by atoms with E-state index < -0.39 is 0 Å². The first-order valence-electron chi connectivity index (χ1n) is 10.1. The largest absolute Gasteiger partial charge is 0.290 e. The van der Waals surface area contributed by atoms with E-state index in [-0.39, 0.29) is 18.0 Å². The number of rotatable bonds is 4. The Morgan fingerprint density at radius 3 is 2.77 bits per heavy atom. The smallest absolute Gasteiger partial charge is 0.261 e. The second-order valence-electron chi connectivity index (χ2n) is 7.55. The van der Waals surface area contributed by atoms with Gasteiger partial charge in [0.25, 0.3) is 5.56 Å². The summed E-state index contributed by atoms with van der Waals surface area (Å²) in [6, 6.07) is 15.2. The van der Waals surface area contributed by atoms with Crippen molar-refractivity contribution in [3.05, 3.63) is 70.8 Å². The summed E-state index contributed by atoms with van der Waals surface area (Å²) in [5.74, 6) is 1.11. The molecule has 0 N–H and O–H groups in total. The Morgan fingerprint density at radius 2 is 1.93 bits per heavy atom. The molecule has 0 unspecified atom stereocenters. The molecular formula is C23H24N4O2S. The van der Waals surface area contributed by atoms with Crippen LogP contribution in [0.3, 0.4) is 0 Å². The molecule has 4 rings (SSSR count). The third kappa shape index (κ3) is 4.16. The molecule has 6 nitrogen and oxygen atoms in total. The molecule has 7 heteroatoms. The number of hydrogen-bond donors (Lipinski definition) is 0. The third-order valence-electron chi connectivity index (χ3n) is 5.10. The molecule has 1 aliphatic rings. The molecule has 0 radical (unpaired) electrons. The first-order valence-corrected chi connectivity index (χ1v) is 11.1. The Balaban J connectivity index is 1.63. The van der Waals surface area contributed by atoms with E-state index in [0.717, 1.165) is 23.4 Å². The number of nitrogens with zero attached hydrogens (tertiary/aromatic N) is 4. The lowest BCUT2D eigenvalue weighted by Crippen LogP contribution is -2.42. The monoisotopic (exact) mass is 420 g/mol. The molecule has 0 bridgehead atoms. The van der Waals surface area contributed by atoms with Crippen LogP contribution in [0, 0.1) is 0 Å². The highest BCUT2D eigenvalue weighted by Crippen LogP contribution is 2.29. The summed E-state index contributed by atoms with van der Waals surface area (Å²) in [6.45, 7) is 4.82. The van der Waals surface area contributed by atoms with Crippen LogP contribution in [0.5, 0.6) is 0 Å². The zero-order valence-corrected chi connectivity index (χ0v) is 17.9. The predicted molar refractivity (Wildman–Crippen MR) is 122 cm³/mol. The van der Waals surface area contributed by atoms with E-state index in [9.17, 15) is 9.59 Å². The van der Waals surface area contributed by atoms with Gasteiger partial charge in [-0.15, -0.1) is 0 Å². The molecule has 30 heavy (non-hydrogen) atoms. The van der Waals surface area contributed by atoms with E-state index >= 15 is 0 Å². The van der Waals surface area contributed by atoms with Gasteiger partial charge >= 0.3 is 0 Å². The van der Waals surface area contributed by atoms with Crippen molar-refractivity contribution in [3.8, 4) is 0 Å². The van der Waals surface area contributed by atoms with Crippen LogP contribution < -0.4 is 5.56 Å². The highest BCUT2D eigenvalue weighted by atomic mass is 32.2. The molecule has 0 atom stereocenters. The Morgan fingerprint density at radius 1 is 1.17 bits per heavy atom. The minimum absolute atomic E-state index is 0.0535. The van der Waals surface area contributed by atoms with Crippen LogP contribution in [0.15, 0.2) is 64.6 Å². The maximum atomic E-state index is 13.1. The van der Waals surface area contributed by atoms with Crippen LogP contribution in [0.25, 0.3) is 10.9 Å². The number of para-hydroxylation sites is 2. The summed E-state index contributed by atoms with van der Waals surface area (Å²) >= 11 is 1.58. The number of hydrogen-bond acceptors (Lipinski definition) is 5. The van der Waals surface area contributed by atoms with Crippen LogP contribution in [0.1, 0.15) is 31.7 Å². The number of carbonyl (C=O) groups excluding carboxylic acids is 1. The molecule has 1 aliphatic heterocycles. The van der Waals surface area contributed by atoms with Crippen molar-refractivity contribution in [2.24, 2.45) is 4.99 Å². The number of carbonyl (C=O) groups is 1. The molecule has 0 saturated carbocycles. The van der Waals surface area contributed by atoms with Gasteiger partial charge in [-0.3, -0.25) is 19.1 Å². The van der Waals surface area contributed by atoms with Crippen molar-refractivity contribution in [1.82, 2.24) is 14.5 Å². The van der Waals surface area contributed by atoms with Gasteiger partial charge in [0.15, 0.2) is 5.17 Å².